The summed E-state index contributed by atoms with van der Waals surface area (Å²) in [7, 11) is 0. The summed E-state index contributed by atoms with van der Waals surface area (Å²) in [5, 5.41) is 9.40. The summed E-state index contributed by atoms with van der Waals surface area (Å²) < 4.78 is 5.40. The van der Waals surface area contributed by atoms with Crippen molar-refractivity contribution in [1.82, 2.24) is 4.90 Å². The van der Waals surface area contributed by atoms with Crippen LogP contribution in [0.25, 0.3) is 0 Å². The third-order valence-electron chi connectivity index (χ3n) is 4.32. The molecule has 0 saturated carbocycles. The van der Waals surface area contributed by atoms with Crippen LogP contribution in [0, 0.1) is 17.2 Å². The average molecular weight is 280 g/mol. The molecule has 108 valence electrons. The Hall–Kier alpha value is -2.05. The SMILES string of the molecule is N#C[C@@H](c1ccco1)N1CCC(Cc2ccccc2)CC1. The topological polar surface area (TPSA) is 40.2 Å². The highest BCUT2D eigenvalue weighted by Crippen LogP contribution is 2.28. The van der Waals surface area contributed by atoms with E-state index in [-0.39, 0.29) is 6.04 Å². The molecular formula is C18H20N2O. The van der Waals surface area contributed by atoms with Crippen molar-refractivity contribution in [1.29, 1.82) is 5.26 Å². The highest BCUT2D eigenvalue weighted by Gasteiger charge is 2.27. The van der Waals surface area contributed by atoms with Crippen LogP contribution in [0.3, 0.4) is 0 Å². The molecular weight excluding hydrogens is 260 g/mol. The van der Waals surface area contributed by atoms with Gasteiger partial charge in [-0.15, -0.1) is 0 Å². The lowest BCUT2D eigenvalue weighted by atomic mass is 9.89. The number of nitriles is 1. The van der Waals surface area contributed by atoms with Crippen molar-refractivity contribution in [2.24, 2.45) is 5.92 Å². The van der Waals surface area contributed by atoms with E-state index >= 15 is 0 Å². The Morgan fingerprint density at radius 1 is 1.14 bits per heavy atom. The van der Waals surface area contributed by atoms with E-state index in [4.69, 9.17) is 4.42 Å². The lowest BCUT2D eigenvalue weighted by molar-refractivity contribution is 0.145. The van der Waals surface area contributed by atoms with E-state index in [2.05, 4.69) is 41.3 Å². The first kappa shape index (κ1) is 13.9. The lowest BCUT2D eigenvalue weighted by Crippen LogP contribution is -2.36. The van der Waals surface area contributed by atoms with Gasteiger partial charge in [-0.25, -0.2) is 0 Å². The summed E-state index contributed by atoms with van der Waals surface area (Å²) >= 11 is 0. The van der Waals surface area contributed by atoms with Gasteiger partial charge in [-0.1, -0.05) is 30.3 Å². The summed E-state index contributed by atoms with van der Waals surface area (Å²) in [5.41, 5.74) is 1.42. The van der Waals surface area contributed by atoms with Gasteiger partial charge in [0, 0.05) is 13.1 Å². The fourth-order valence-electron chi connectivity index (χ4n) is 3.13. The molecule has 1 fully saturated rings. The van der Waals surface area contributed by atoms with Crippen molar-refractivity contribution in [3.8, 4) is 6.07 Å². The molecule has 0 bridgehead atoms. The minimum atomic E-state index is -0.238. The predicted octanol–water partition coefficient (Wildman–Crippen LogP) is 3.80. The van der Waals surface area contributed by atoms with E-state index < -0.39 is 0 Å². The Morgan fingerprint density at radius 3 is 2.52 bits per heavy atom. The second kappa shape index (κ2) is 6.60. The molecule has 1 atom stereocenters. The van der Waals surface area contributed by atoms with Crippen LogP contribution in [0.4, 0.5) is 0 Å². The van der Waals surface area contributed by atoms with Crippen LogP contribution < -0.4 is 0 Å². The lowest BCUT2D eigenvalue weighted by Gasteiger charge is -2.34. The van der Waals surface area contributed by atoms with E-state index in [0.717, 1.165) is 44.0 Å². The number of hydrogen-bond donors (Lipinski definition) is 0. The molecule has 21 heavy (non-hydrogen) atoms. The van der Waals surface area contributed by atoms with E-state index in [1.165, 1.54) is 5.56 Å². The second-order valence-corrected chi connectivity index (χ2v) is 5.72. The summed E-state index contributed by atoms with van der Waals surface area (Å²) in [6.07, 6.45) is 5.08. The quantitative estimate of drug-likeness (QED) is 0.855. The van der Waals surface area contributed by atoms with Crippen molar-refractivity contribution in [3.05, 3.63) is 60.1 Å². The van der Waals surface area contributed by atoms with Gasteiger partial charge in [-0.2, -0.15) is 5.26 Å². The van der Waals surface area contributed by atoms with Crippen LogP contribution >= 0.6 is 0 Å². The number of nitrogens with zero attached hydrogens (tertiary/aromatic N) is 2. The number of piperidine rings is 1. The maximum atomic E-state index is 9.40. The van der Waals surface area contributed by atoms with Gasteiger partial charge in [0.25, 0.3) is 0 Å². The van der Waals surface area contributed by atoms with Gasteiger partial charge in [0.1, 0.15) is 5.76 Å². The van der Waals surface area contributed by atoms with Crippen molar-refractivity contribution in [3.63, 3.8) is 0 Å². The highest BCUT2D eigenvalue weighted by atomic mass is 16.3. The first-order valence-corrected chi connectivity index (χ1v) is 7.58. The number of hydrogen-bond acceptors (Lipinski definition) is 3. The van der Waals surface area contributed by atoms with E-state index in [0.29, 0.717) is 0 Å². The number of furan rings is 1. The third kappa shape index (κ3) is 3.34. The molecule has 3 nitrogen and oxygen atoms in total. The largest absolute Gasteiger partial charge is 0.467 e. The molecule has 0 N–H and O–H groups in total. The molecule has 3 heteroatoms. The minimum Gasteiger partial charge on any atom is -0.467 e. The van der Waals surface area contributed by atoms with Crippen LogP contribution in [-0.2, 0) is 6.42 Å². The Morgan fingerprint density at radius 2 is 1.90 bits per heavy atom. The standard InChI is InChI=1S/C18H20N2O/c19-14-17(18-7-4-12-21-18)20-10-8-16(9-11-20)13-15-5-2-1-3-6-15/h1-7,12,16-17H,8-11,13H2/t17-/m0/s1. The molecule has 0 unspecified atom stereocenters. The molecule has 2 heterocycles. The summed E-state index contributed by atoms with van der Waals surface area (Å²) in [6, 6.07) is 16.5. The summed E-state index contributed by atoms with van der Waals surface area (Å²) in [5.74, 6) is 1.48. The smallest absolute Gasteiger partial charge is 0.156 e. The Balaban J connectivity index is 1.56. The highest BCUT2D eigenvalue weighted by molar-refractivity contribution is 5.16. The van der Waals surface area contributed by atoms with E-state index in [1.807, 2.05) is 12.1 Å². The summed E-state index contributed by atoms with van der Waals surface area (Å²) in [4.78, 5) is 2.24. The molecule has 1 aliphatic rings. The van der Waals surface area contributed by atoms with E-state index in [1.54, 1.807) is 6.26 Å². The molecule has 2 aromatic rings. The molecule has 1 aliphatic heterocycles. The zero-order valence-corrected chi connectivity index (χ0v) is 12.1. The number of likely N-dealkylation sites (tertiary alicyclic amines) is 1. The normalized spacial score (nSPS) is 18.2. The van der Waals surface area contributed by atoms with Crippen LogP contribution in [0.5, 0.6) is 0 Å². The van der Waals surface area contributed by atoms with Crippen LogP contribution in [0.2, 0.25) is 0 Å². The van der Waals surface area contributed by atoms with Crippen LogP contribution in [0.1, 0.15) is 30.2 Å². The fraction of sp³-hybridized carbons (Fsp3) is 0.389. The second-order valence-electron chi connectivity index (χ2n) is 5.72. The zero-order chi connectivity index (χ0) is 14.5. The fourth-order valence-corrected chi connectivity index (χ4v) is 3.13. The first-order chi connectivity index (χ1) is 10.4. The van der Waals surface area contributed by atoms with Gasteiger partial charge < -0.3 is 4.42 Å². The molecule has 1 aromatic carbocycles. The number of benzene rings is 1. The molecule has 0 radical (unpaired) electrons. The maximum Gasteiger partial charge on any atom is 0.156 e. The Bertz CT molecular complexity index is 577. The van der Waals surface area contributed by atoms with Gasteiger partial charge in [0.15, 0.2) is 6.04 Å². The van der Waals surface area contributed by atoms with Gasteiger partial charge in [-0.05, 0) is 42.9 Å². The third-order valence-corrected chi connectivity index (χ3v) is 4.32. The summed E-state index contributed by atoms with van der Waals surface area (Å²) in [6.45, 7) is 1.94. The van der Waals surface area contributed by atoms with E-state index in [9.17, 15) is 5.26 Å². The van der Waals surface area contributed by atoms with Gasteiger partial charge in [0.2, 0.25) is 0 Å². The molecule has 0 aliphatic carbocycles. The Labute approximate surface area is 125 Å². The van der Waals surface area contributed by atoms with Crippen molar-refractivity contribution in [2.75, 3.05) is 13.1 Å². The van der Waals surface area contributed by atoms with Crippen LogP contribution in [-0.4, -0.2) is 18.0 Å². The minimum absolute atomic E-state index is 0.238. The molecule has 0 spiro atoms. The molecule has 0 amide bonds. The van der Waals surface area contributed by atoms with Crippen molar-refractivity contribution in [2.45, 2.75) is 25.3 Å². The number of rotatable bonds is 4. The monoisotopic (exact) mass is 280 g/mol. The van der Waals surface area contributed by atoms with Gasteiger partial charge >= 0.3 is 0 Å². The molecule has 3 rings (SSSR count). The maximum absolute atomic E-state index is 9.40. The Kier molecular flexibility index (Phi) is 4.37. The van der Waals surface area contributed by atoms with Crippen LogP contribution in [0.15, 0.2) is 53.1 Å². The molecule has 1 aromatic heterocycles. The van der Waals surface area contributed by atoms with Crippen molar-refractivity contribution < 1.29 is 4.42 Å². The predicted molar refractivity (Wildman–Crippen MR) is 81.5 cm³/mol. The average Bonchev–Trinajstić information content (AvgIpc) is 3.05. The molecule has 1 saturated heterocycles. The zero-order valence-electron chi connectivity index (χ0n) is 12.1. The van der Waals surface area contributed by atoms with Crippen molar-refractivity contribution >= 4 is 0 Å². The first-order valence-electron chi connectivity index (χ1n) is 7.58. The van der Waals surface area contributed by atoms with Gasteiger partial charge in [-0.3, -0.25) is 4.90 Å². The van der Waals surface area contributed by atoms with Gasteiger partial charge in [0.05, 0.1) is 12.3 Å².